The number of unbranched alkanes of at least 4 members (excludes halogenated alkanes) is 1. The van der Waals surface area contributed by atoms with Crippen LogP contribution in [0, 0.1) is 0 Å². The van der Waals surface area contributed by atoms with Crippen LogP contribution in [-0.2, 0) is 19.6 Å². The molecular formula is C27H36N2O7S. The van der Waals surface area contributed by atoms with Crippen molar-refractivity contribution in [1.82, 2.24) is 4.31 Å². The molecule has 0 heterocycles. The molecule has 3 rings (SSSR count). The largest absolute Gasteiger partial charge is 0.493 e. The Morgan fingerprint density at radius 2 is 1.65 bits per heavy atom. The Morgan fingerprint density at radius 3 is 2.27 bits per heavy atom. The van der Waals surface area contributed by atoms with E-state index in [1.165, 1.54) is 30.7 Å². The van der Waals surface area contributed by atoms with Crippen LogP contribution in [0.3, 0.4) is 0 Å². The second-order valence-corrected chi connectivity index (χ2v) is 10.9. The molecule has 1 aliphatic rings. The molecule has 2 aromatic carbocycles. The number of nitrogens with one attached hydrogen (secondary N) is 1. The number of anilines is 1. The van der Waals surface area contributed by atoms with Gasteiger partial charge in [-0.15, -0.1) is 0 Å². The summed E-state index contributed by atoms with van der Waals surface area (Å²) in [5.74, 6) is -0.172. The number of rotatable bonds is 12. The van der Waals surface area contributed by atoms with Gasteiger partial charge in [-0.3, -0.25) is 4.79 Å². The van der Waals surface area contributed by atoms with Gasteiger partial charge in [0.05, 0.1) is 37.8 Å². The summed E-state index contributed by atoms with van der Waals surface area (Å²) >= 11 is 0. The van der Waals surface area contributed by atoms with E-state index >= 15 is 0 Å². The smallest absolute Gasteiger partial charge is 0.338 e. The first-order chi connectivity index (χ1) is 17.8. The highest BCUT2D eigenvalue weighted by atomic mass is 32.2. The third-order valence-electron chi connectivity index (χ3n) is 6.38. The lowest BCUT2D eigenvalue weighted by Crippen LogP contribution is -2.45. The molecule has 1 aliphatic carbocycles. The minimum absolute atomic E-state index is 0.0365. The van der Waals surface area contributed by atoms with Crippen molar-refractivity contribution in [2.24, 2.45) is 0 Å². The highest BCUT2D eigenvalue weighted by molar-refractivity contribution is 7.89. The molecule has 0 aromatic heterocycles. The molecule has 0 spiro atoms. The molecule has 0 aliphatic heterocycles. The van der Waals surface area contributed by atoms with E-state index in [-0.39, 0.29) is 17.5 Å². The van der Waals surface area contributed by atoms with E-state index in [0.717, 1.165) is 32.1 Å². The van der Waals surface area contributed by atoms with Gasteiger partial charge in [0.2, 0.25) is 15.9 Å². The van der Waals surface area contributed by atoms with Crippen LogP contribution in [0.15, 0.2) is 47.4 Å². The number of methoxy groups -OCH3 is 2. The summed E-state index contributed by atoms with van der Waals surface area (Å²) in [5.41, 5.74) is 0.844. The van der Waals surface area contributed by atoms with E-state index in [2.05, 4.69) is 5.32 Å². The van der Waals surface area contributed by atoms with Crippen molar-refractivity contribution in [3.63, 3.8) is 0 Å². The summed E-state index contributed by atoms with van der Waals surface area (Å²) in [7, 11) is -1.08. The SMILES string of the molecule is CCCCOC(=O)c1ccc(NC(=O)CN(C2CCCCC2)S(=O)(=O)c2ccc(OC)c(OC)c2)cc1. The second kappa shape index (κ2) is 13.4. The Morgan fingerprint density at radius 1 is 0.973 bits per heavy atom. The molecule has 2 aromatic rings. The predicted molar refractivity (Wildman–Crippen MR) is 141 cm³/mol. The lowest BCUT2D eigenvalue weighted by Gasteiger charge is -2.33. The Labute approximate surface area is 219 Å². The van der Waals surface area contributed by atoms with E-state index in [1.54, 1.807) is 30.3 Å². The first-order valence-electron chi connectivity index (χ1n) is 12.6. The van der Waals surface area contributed by atoms with Gasteiger partial charge in [0.25, 0.3) is 0 Å². The van der Waals surface area contributed by atoms with Crippen molar-refractivity contribution in [1.29, 1.82) is 0 Å². The van der Waals surface area contributed by atoms with Crippen LogP contribution in [0.1, 0.15) is 62.2 Å². The van der Waals surface area contributed by atoms with Gasteiger partial charge in [-0.25, -0.2) is 13.2 Å². The number of ether oxygens (including phenoxy) is 3. The van der Waals surface area contributed by atoms with E-state index in [1.807, 2.05) is 6.92 Å². The molecule has 1 fully saturated rings. The third kappa shape index (κ3) is 7.45. The Kier molecular flexibility index (Phi) is 10.3. The molecule has 10 heteroatoms. The van der Waals surface area contributed by atoms with Crippen molar-refractivity contribution in [2.45, 2.75) is 62.8 Å². The number of nitrogens with zero attached hydrogens (tertiary/aromatic N) is 1. The molecule has 202 valence electrons. The second-order valence-electron chi connectivity index (χ2n) is 8.97. The summed E-state index contributed by atoms with van der Waals surface area (Å²) in [6.45, 7) is 2.04. The molecule has 1 N–H and O–H groups in total. The molecule has 37 heavy (non-hydrogen) atoms. The van der Waals surface area contributed by atoms with E-state index in [9.17, 15) is 18.0 Å². The first kappa shape index (κ1) is 28.5. The molecule has 0 unspecified atom stereocenters. The average Bonchev–Trinajstić information content (AvgIpc) is 2.92. The normalized spacial score (nSPS) is 14.3. The van der Waals surface area contributed by atoms with Crippen molar-refractivity contribution < 1.29 is 32.2 Å². The summed E-state index contributed by atoms with van der Waals surface area (Å²) < 4.78 is 44.4. The zero-order valence-electron chi connectivity index (χ0n) is 21.7. The fourth-order valence-corrected chi connectivity index (χ4v) is 5.97. The number of amides is 1. The van der Waals surface area contributed by atoms with Crippen LogP contribution in [0.5, 0.6) is 11.5 Å². The summed E-state index contributed by atoms with van der Waals surface area (Å²) in [6, 6.07) is 10.5. The van der Waals surface area contributed by atoms with Crippen molar-refractivity contribution in [3.05, 3.63) is 48.0 Å². The summed E-state index contributed by atoms with van der Waals surface area (Å²) in [5, 5.41) is 2.75. The molecule has 1 saturated carbocycles. The minimum Gasteiger partial charge on any atom is -0.493 e. The maximum atomic E-state index is 13.7. The van der Waals surface area contributed by atoms with Gasteiger partial charge in [0.15, 0.2) is 11.5 Å². The molecular weight excluding hydrogens is 496 g/mol. The fourth-order valence-electron chi connectivity index (χ4n) is 4.32. The van der Waals surface area contributed by atoms with Crippen LogP contribution < -0.4 is 14.8 Å². The number of carbonyl (C=O) groups is 2. The van der Waals surface area contributed by atoms with Gasteiger partial charge >= 0.3 is 5.97 Å². The monoisotopic (exact) mass is 532 g/mol. The molecule has 9 nitrogen and oxygen atoms in total. The maximum absolute atomic E-state index is 13.7. The number of hydrogen-bond donors (Lipinski definition) is 1. The van der Waals surface area contributed by atoms with Crippen molar-refractivity contribution in [2.75, 3.05) is 32.7 Å². The van der Waals surface area contributed by atoms with E-state index < -0.39 is 21.9 Å². The Balaban J connectivity index is 1.76. The van der Waals surface area contributed by atoms with Gasteiger partial charge in [-0.1, -0.05) is 32.6 Å². The Hall–Kier alpha value is -3.11. The van der Waals surface area contributed by atoms with E-state index in [0.29, 0.717) is 42.2 Å². The Bertz CT molecular complexity index is 1160. The summed E-state index contributed by atoms with van der Waals surface area (Å²) in [4.78, 5) is 25.1. The highest BCUT2D eigenvalue weighted by Crippen LogP contribution is 2.33. The zero-order chi connectivity index (χ0) is 26.8. The fraction of sp³-hybridized carbons (Fsp3) is 0.481. The molecule has 0 saturated heterocycles. The van der Waals surface area contributed by atoms with Crippen molar-refractivity contribution >= 4 is 27.6 Å². The lowest BCUT2D eigenvalue weighted by molar-refractivity contribution is -0.116. The van der Waals surface area contributed by atoms with Crippen LogP contribution in [0.25, 0.3) is 0 Å². The van der Waals surface area contributed by atoms with Gasteiger partial charge in [0, 0.05) is 17.8 Å². The van der Waals surface area contributed by atoms with Gasteiger partial charge in [-0.2, -0.15) is 4.31 Å². The van der Waals surface area contributed by atoms with Crippen LogP contribution in [0.4, 0.5) is 5.69 Å². The molecule has 0 bridgehead atoms. The number of carbonyl (C=O) groups excluding carboxylic acids is 2. The number of sulfonamides is 1. The number of hydrogen-bond acceptors (Lipinski definition) is 7. The van der Waals surface area contributed by atoms with Crippen molar-refractivity contribution in [3.8, 4) is 11.5 Å². The van der Waals surface area contributed by atoms with Crippen LogP contribution in [-0.4, -0.2) is 58.0 Å². The van der Waals surface area contributed by atoms with Gasteiger partial charge < -0.3 is 19.5 Å². The summed E-state index contributed by atoms with van der Waals surface area (Å²) in [6.07, 6.45) is 5.95. The standard InChI is InChI=1S/C27H36N2O7S/c1-4-5-17-36-27(31)20-11-13-21(14-12-20)28-26(30)19-29(22-9-7-6-8-10-22)37(32,33)23-15-16-24(34-2)25(18-23)35-3/h11-16,18,22H,4-10,17,19H2,1-3H3,(H,28,30). The highest BCUT2D eigenvalue weighted by Gasteiger charge is 2.34. The molecule has 0 radical (unpaired) electrons. The number of esters is 1. The average molecular weight is 533 g/mol. The zero-order valence-corrected chi connectivity index (χ0v) is 22.5. The maximum Gasteiger partial charge on any atom is 0.338 e. The van der Waals surface area contributed by atoms with E-state index in [4.69, 9.17) is 14.2 Å². The lowest BCUT2D eigenvalue weighted by atomic mass is 9.95. The van der Waals surface area contributed by atoms with Gasteiger partial charge in [0.1, 0.15) is 0 Å². The minimum atomic E-state index is -4.00. The van der Waals surface area contributed by atoms with Gasteiger partial charge in [-0.05, 0) is 55.7 Å². The molecule has 1 amide bonds. The predicted octanol–water partition coefficient (Wildman–Crippen LogP) is 4.62. The number of benzene rings is 2. The van der Waals surface area contributed by atoms with Crippen LogP contribution in [0.2, 0.25) is 0 Å². The topological polar surface area (TPSA) is 111 Å². The molecule has 0 atom stereocenters. The first-order valence-corrected chi connectivity index (χ1v) is 14.0. The third-order valence-corrected chi connectivity index (χ3v) is 8.27. The van der Waals surface area contributed by atoms with Crippen LogP contribution >= 0.6 is 0 Å². The quantitative estimate of drug-likeness (QED) is 0.314.